The average molecular weight is 297 g/mol. The molecule has 0 aliphatic rings. The zero-order valence-electron chi connectivity index (χ0n) is 12.0. The summed E-state index contributed by atoms with van der Waals surface area (Å²) >= 11 is 0. The number of ether oxygens (including phenoxy) is 1. The molecule has 4 N–H and O–H groups in total. The van der Waals surface area contributed by atoms with Crippen molar-refractivity contribution in [1.82, 2.24) is 5.32 Å². The minimum Gasteiger partial charge on any atom is -0.383 e. The number of nitrogen functional groups attached to an aromatic ring is 1. The first-order valence-corrected chi connectivity index (χ1v) is 6.20. The Labute approximate surface area is 122 Å². The molecule has 21 heavy (non-hydrogen) atoms. The van der Waals surface area contributed by atoms with Crippen LogP contribution in [0.3, 0.4) is 0 Å². The van der Waals surface area contributed by atoms with Gasteiger partial charge >= 0.3 is 0 Å². The van der Waals surface area contributed by atoms with E-state index in [1.54, 1.807) is 25.1 Å². The lowest BCUT2D eigenvalue weighted by molar-refractivity contribution is -0.384. The smallest absolute Gasteiger partial charge is 0.273 e. The number of nitrogens with two attached hydrogens (primary N) is 1. The third-order valence-corrected chi connectivity index (χ3v) is 2.73. The molecule has 9 heteroatoms. The third kappa shape index (κ3) is 5.24. The summed E-state index contributed by atoms with van der Waals surface area (Å²) in [4.78, 5) is 23.6. The van der Waals surface area contributed by atoms with Crippen LogP contribution in [-0.2, 0) is 9.53 Å². The zero-order valence-corrected chi connectivity index (χ0v) is 12.0. The van der Waals surface area contributed by atoms with Crippen molar-refractivity contribution in [1.29, 1.82) is 0 Å². The van der Waals surface area contributed by atoms with Gasteiger partial charge < -0.3 is 20.4 Å². The molecule has 0 aliphatic heterocycles. The number of carbonyl (C=O) groups is 1. The normalized spacial score (nSPS) is 10.0. The SMILES string of the molecule is COCCNC(=O)CN(C)c1cc(NN)cc([N+](=O)[O-])c1. The first-order chi connectivity index (χ1) is 9.97. The van der Waals surface area contributed by atoms with Crippen molar-refractivity contribution in [3.05, 3.63) is 28.3 Å². The van der Waals surface area contributed by atoms with Gasteiger partial charge in [0.05, 0.1) is 23.8 Å². The summed E-state index contributed by atoms with van der Waals surface area (Å²) in [6, 6.07) is 4.31. The number of nitrogens with zero attached hydrogens (tertiary/aromatic N) is 2. The van der Waals surface area contributed by atoms with Crippen molar-refractivity contribution >= 4 is 23.0 Å². The number of nitrogens with one attached hydrogen (secondary N) is 2. The molecule has 0 fully saturated rings. The predicted molar refractivity (Wildman–Crippen MR) is 79.1 cm³/mol. The van der Waals surface area contributed by atoms with E-state index in [2.05, 4.69) is 10.7 Å². The summed E-state index contributed by atoms with van der Waals surface area (Å²) in [7, 11) is 3.21. The Balaban J connectivity index is 2.76. The van der Waals surface area contributed by atoms with Crippen molar-refractivity contribution in [2.45, 2.75) is 0 Å². The van der Waals surface area contributed by atoms with Gasteiger partial charge in [0, 0.05) is 38.5 Å². The molecular weight excluding hydrogens is 278 g/mol. The maximum Gasteiger partial charge on any atom is 0.273 e. The van der Waals surface area contributed by atoms with Gasteiger partial charge in [-0.25, -0.2) is 0 Å². The summed E-state index contributed by atoms with van der Waals surface area (Å²) < 4.78 is 4.83. The predicted octanol–water partition coefficient (Wildman–Crippen LogP) is 0.0792. The summed E-state index contributed by atoms with van der Waals surface area (Å²) in [6.45, 7) is 0.899. The van der Waals surface area contributed by atoms with Gasteiger partial charge in [0.1, 0.15) is 0 Å². The van der Waals surface area contributed by atoms with Gasteiger partial charge in [0.2, 0.25) is 5.91 Å². The van der Waals surface area contributed by atoms with Crippen LogP contribution in [0.2, 0.25) is 0 Å². The maximum atomic E-state index is 11.7. The highest BCUT2D eigenvalue weighted by molar-refractivity contribution is 5.81. The first-order valence-electron chi connectivity index (χ1n) is 6.20. The fourth-order valence-electron chi connectivity index (χ4n) is 1.66. The van der Waals surface area contributed by atoms with Crippen LogP contribution in [0.4, 0.5) is 17.1 Å². The number of hydrogen-bond donors (Lipinski definition) is 3. The van der Waals surface area contributed by atoms with Crippen LogP contribution < -0.4 is 21.5 Å². The van der Waals surface area contributed by atoms with E-state index in [1.807, 2.05) is 0 Å². The number of hydrogen-bond acceptors (Lipinski definition) is 7. The van der Waals surface area contributed by atoms with Crippen molar-refractivity contribution < 1.29 is 14.5 Å². The first kappa shape index (κ1) is 16.7. The van der Waals surface area contributed by atoms with E-state index in [0.717, 1.165) is 0 Å². The van der Waals surface area contributed by atoms with Crippen molar-refractivity contribution in [2.75, 3.05) is 44.2 Å². The Bertz CT molecular complexity index is 508. The molecule has 0 heterocycles. The lowest BCUT2D eigenvalue weighted by atomic mass is 10.2. The number of amides is 1. The summed E-state index contributed by atoms with van der Waals surface area (Å²) in [6.07, 6.45) is 0. The molecular formula is C12H19N5O4. The highest BCUT2D eigenvalue weighted by atomic mass is 16.6. The number of rotatable bonds is 8. The second kappa shape index (κ2) is 8.02. The van der Waals surface area contributed by atoms with Crippen LogP contribution in [0.1, 0.15) is 0 Å². The summed E-state index contributed by atoms with van der Waals surface area (Å²) in [5.74, 6) is 5.08. The van der Waals surface area contributed by atoms with Gasteiger partial charge in [-0.15, -0.1) is 0 Å². The molecule has 0 bridgehead atoms. The third-order valence-electron chi connectivity index (χ3n) is 2.73. The number of non-ortho nitro benzene ring substituents is 1. The molecule has 9 nitrogen and oxygen atoms in total. The molecule has 0 unspecified atom stereocenters. The van der Waals surface area contributed by atoms with Gasteiger partial charge in [-0.1, -0.05) is 0 Å². The maximum absolute atomic E-state index is 11.7. The van der Waals surface area contributed by atoms with Gasteiger partial charge in [-0.05, 0) is 6.07 Å². The standard InChI is InChI=1S/C12H19N5O4/c1-16(8-12(18)14-3-4-21-2)10-5-9(15-13)6-11(7-10)17(19)20/h5-7,15H,3-4,8,13H2,1-2H3,(H,14,18). The van der Waals surface area contributed by atoms with E-state index in [-0.39, 0.29) is 18.1 Å². The van der Waals surface area contributed by atoms with Crippen molar-refractivity contribution in [2.24, 2.45) is 5.84 Å². The summed E-state index contributed by atoms with van der Waals surface area (Å²) in [5.41, 5.74) is 3.17. The molecule has 116 valence electrons. The number of methoxy groups -OCH3 is 1. The number of anilines is 2. The van der Waals surface area contributed by atoms with Gasteiger partial charge in [0.25, 0.3) is 5.69 Å². The quantitative estimate of drug-likeness (QED) is 0.269. The van der Waals surface area contributed by atoms with Gasteiger partial charge in [-0.3, -0.25) is 20.8 Å². The Morgan fingerprint density at radius 1 is 1.48 bits per heavy atom. The summed E-state index contributed by atoms with van der Waals surface area (Å²) in [5, 5.41) is 13.5. The number of nitro groups is 1. The van der Waals surface area contributed by atoms with E-state index in [0.29, 0.717) is 24.5 Å². The van der Waals surface area contributed by atoms with E-state index < -0.39 is 4.92 Å². The van der Waals surface area contributed by atoms with Crippen LogP contribution in [0.15, 0.2) is 18.2 Å². The number of carbonyl (C=O) groups excluding carboxylic acids is 1. The molecule has 0 spiro atoms. The molecule has 1 aromatic carbocycles. The van der Waals surface area contributed by atoms with E-state index in [1.165, 1.54) is 12.1 Å². The molecule has 0 radical (unpaired) electrons. The van der Waals surface area contributed by atoms with Gasteiger partial charge in [-0.2, -0.15) is 0 Å². The molecule has 0 atom stereocenters. The van der Waals surface area contributed by atoms with Crippen molar-refractivity contribution in [3.63, 3.8) is 0 Å². The van der Waals surface area contributed by atoms with Crippen LogP contribution in [-0.4, -0.2) is 44.7 Å². The molecule has 0 saturated heterocycles. The highest BCUT2D eigenvalue weighted by Gasteiger charge is 2.13. The molecule has 1 rings (SSSR count). The van der Waals surface area contributed by atoms with Crippen molar-refractivity contribution in [3.8, 4) is 0 Å². The topological polar surface area (TPSA) is 123 Å². The Morgan fingerprint density at radius 3 is 2.76 bits per heavy atom. The number of hydrazine groups is 1. The average Bonchev–Trinajstić information content (AvgIpc) is 2.46. The minimum atomic E-state index is -0.517. The van der Waals surface area contributed by atoms with E-state index in [4.69, 9.17) is 10.6 Å². The zero-order chi connectivity index (χ0) is 15.8. The lowest BCUT2D eigenvalue weighted by Crippen LogP contribution is -2.36. The number of nitro benzene ring substituents is 1. The second-order valence-corrected chi connectivity index (χ2v) is 4.34. The van der Waals surface area contributed by atoms with E-state index >= 15 is 0 Å². The lowest BCUT2D eigenvalue weighted by Gasteiger charge is -2.19. The number of likely N-dealkylation sites (N-methyl/N-ethyl adjacent to an activating group) is 1. The largest absolute Gasteiger partial charge is 0.383 e. The second-order valence-electron chi connectivity index (χ2n) is 4.34. The monoisotopic (exact) mass is 297 g/mol. The van der Waals surface area contributed by atoms with Crippen LogP contribution in [0, 0.1) is 10.1 Å². The Morgan fingerprint density at radius 2 is 2.19 bits per heavy atom. The van der Waals surface area contributed by atoms with Crippen LogP contribution in [0.5, 0.6) is 0 Å². The van der Waals surface area contributed by atoms with E-state index in [9.17, 15) is 14.9 Å². The number of benzene rings is 1. The molecule has 1 amide bonds. The molecule has 0 aliphatic carbocycles. The van der Waals surface area contributed by atoms with Crippen LogP contribution >= 0.6 is 0 Å². The molecule has 0 saturated carbocycles. The van der Waals surface area contributed by atoms with Gasteiger partial charge in [0.15, 0.2) is 0 Å². The Hall–Kier alpha value is -2.39. The molecule has 1 aromatic rings. The van der Waals surface area contributed by atoms with Crippen LogP contribution in [0.25, 0.3) is 0 Å². The fraction of sp³-hybridized carbons (Fsp3) is 0.417. The fourth-order valence-corrected chi connectivity index (χ4v) is 1.66. The highest BCUT2D eigenvalue weighted by Crippen LogP contribution is 2.25. The Kier molecular flexibility index (Phi) is 6.37. The molecule has 0 aromatic heterocycles. The minimum absolute atomic E-state index is 0.0644.